The second-order valence-corrected chi connectivity index (χ2v) is 2.90. The lowest BCUT2D eigenvalue weighted by atomic mass is 10.1. The van der Waals surface area contributed by atoms with E-state index in [1.165, 1.54) is 6.07 Å². The number of anilines is 1. The molecule has 0 spiro atoms. The molecule has 0 aliphatic heterocycles. The first kappa shape index (κ1) is 10.6. The molecule has 0 fully saturated rings. The van der Waals surface area contributed by atoms with E-state index in [4.69, 9.17) is 5.73 Å². The van der Waals surface area contributed by atoms with Gasteiger partial charge in [0, 0.05) is 11.3 Å². The highest BCUT2D eigenvalue weighted by atomic mass is 19.4. The van der Waals surface area contributed by atoms with Gasteiger partial charge in [-0.05, 0) is 18.6 Å². The number of nitrogen functional groups attached to an aromatic ring is 1. The van der Waals surface area contributed by atoms with E-state index in [2.05, 4.69) is 0 Å². The molecule has 5 heteroatoms. The molecule has 0 unspecified atom stereocenters. The average Bonchev–Trinajstić information content (AvgIpc) is 2.07. The smallest absolute Gasteiger partial charge is 0.398 e. The van der Waals surface area contributed by atoms with Crippen LogP contribution in [-0.4, -0.2) is 12.0 Å². The van der Waals surface area contributed by atoms with Gasteiger partial charge in [-0.3, -0.25) is 4.79 Å². The highest BCUT2D eigenvalue weighted by molar-refractivity contribution is 6.01. The first-order valence-corrected chi connectivity index (χ1v) is 3.80. The number of rotatable bonds is 1. The van der Waals surface area contributed by atoms with Crippen LogP contribution in [0.1, 0.15) is 15.9 Å². The maximum absolute atomic E-state index is 12.0. The van der Waals surface area contributed by atoms with Gasteiger partial charge in [-0.1, -0.05) is 12.1 Å². The fourth-order valence-electron chi connectivity index (χ4n) is 0.945. The van der Waals surface area contributed by atoms with E-state index >= 15 is 0 Å². The van der Waals surface area contributed by atoms with E-state index in [0.29, 0.717) is 5.56 Å². The lowest BCUT2D eigenvalue weighted by molar-refractivity contribution is -0.0885. The zero-order valence-corrected chi connectivity index (χ0v) is 7.35. The van der Waals surface area contributed by atoms with Crippen LogP contribution in [-0.2, 0) is 0 Å². The summed E-state index contributed by atoms with van der Waals surface area (Å²) in [4.78, 5) is 10.7. The monoisotopic (exact) mass is 203 g/mol. The number of aryl methyl sites for hydroxylation is 1. The van der Waals surface area contributed by atoms with Crippen molar-refractivity contribution in [3.8, 4) is 0 Å². The van der Waals surface area contributed by atoms with Gasteiger partial charge in [-0.25, -0.2) is 0 Å². The van der Waals surface area contributed by atoms with Crippen molar-refractivity contribution < 1.29 is 18.0 Å². The highest BCUT2D eigenvalue weighted by Crippen LogP contribution is 2.23. The zero-order chi connectivity index (χ0) is 10.9. The molecule has 0 heterocycles. The molecule has 0 atom stereocenters. The van der Waals surface area contributed by atoms with Gasteiger partial charge in [-0.15, -0.1) is 0 Å². The van der Waals surface area contributed by atoms with Crippen molar-refractivity contribution in [1.82, 2.24) is 0 Å². The first-order chi connectivity index (χ1) is 6.32. The zero-order valence-electron chi connectivity index (χ0n) is 7.35. The third-order valence-electron chi connectivity index (χ3n) is 1.80. The predicted octanol–water partition coefficient (Wildman–Crippen LogP) is 2.32. The molecule has 0 aliphatic carbocycles. The Morgan fingerprint density at radius 2 is 1.93 bits per heavy atom. The molecule has 0 saturated carbocycles. The molecule has 0 aliphatic rings. The van der Waals surface area contributed by atoms with Crippen LogP contribution in [0.2, 0.25) is 0 Å². The summed E-state index contributed by atoms with van der Waals surface area (Å²) in [6.45, 7) is 1.65. The second kappa shape index (κ2) is 3.32. The van der Waals surface area contributed by atoms with E-state index < -0.39 is 17.5 Å². The number of Topliss-reactive ketones (excluding diaryl/α,β-unsaturated/α-hetero) is 1. The number of halogens is 3. The minimum Gasteiger partial charge on any atom is -0.398 e. The number of hydrogen-bond donors (Lipinski definition) is 1. The van der Waals surface area contributed by atoms with Crippen LogP contribution in [0.4, 0.5) is 18.9 Å². The Labute approximate surface area is 78.5 Å². The Kier molecular flexibility index (Phi) is 2.51. The van der Waals surface area contributed by atoms with Crippen LogP contribution in [0, 0.1) is 6.92 Å². The maximum atomic E-state index is 12.0. The lowest BCUT2D eigenvalue weighted by Gasteiger charge is -2.06. The molecule has 0 bridgehead atoms. The van der Waals surface area contributed by atoms with Crippen molar-refractivity contribution in [3.05, 3.63) is 29.3 Å². The van der Waals surface area contributed by atoms with Crippen LogP contribution in [0.5, 0.6) is 0 Å². The Balaban J connectivity index is 3.10. The molecular formula is C9H8F3NO. The first-order valence-electron chi connectivity index (χ1n) is 3.80. The van der Waals surface area contributed by atoms with Gasteiger partial charge in [0.05, 0.1) is 0 Å². The summed E-state index contributed by atoms with van der Waals surface area (Å²) in [6, 6.07) is 3.53. The highest BCUT2D eigenvalue weighted by Gasteiger charge is 2.39. The third kappa shape index (κ3) is 2.04. The number of benzene rings is 1. The lowest BCUT2D eigenvalue weighted by Crippen LogP contribution is -2.22. The van der Waals surface area contributed by atoms with Crippen LogP contribution in [0.15, 0.2) is 18.2 Å². The summed E-state index contributed by atoms with van der Waals surface area (Å²) in [5.41, 5.74) is 5.78. The van der Waals surface area contributed by atoms with Crippen molar-refractivity contribution in [1.29, 1.82) is 0 Å². The van der Waals surface area contributed by atoms with Gasteiger partial charge >= 0.3 is 6.18 Å². The quantitative estimate of drug-likeness (QED) is 0.562. The summed E-state index contributed by atoms with van der Waals surface area (Å²) in [5, 5.41) is 0. The van der Waals surface area contributed by atoms with E-state index in [-0.39, 0.29) is 5.69 Å². The Bertz CT molecular complexity index is 371. The summed E-state index contributed by atoms with van der Waals surface area (Å²) < 4.78 is 35.9. The molecule has 14 heavy (non-hydrogen) atoms. The minimum absolute atomic E-state index is 0.181. The fraction of sp³-hybridized carbons (Fsp3) is 0.222. The number of ketones is 1. The number of carbonyl (C=O) groups is 1. The van der Waals surface area contributed by atoms with E-state index in [9.17, 15) is 18.0 Å². The number of carbonyl (C=O) groups excluding carboxylic acids is 1. The molecule has 0 amide bonds. The minimum atomic E-state index is -4.85. The van der Waals surface area contributed by atoms with Crippen molar-refractivity contribution in [2.24, 2.45) is 0 Å². The summed E-state index contributed by atoms with van der Waals surface area (Å²) in [6.07, 6.45) is -4.85. The predicted molar refractivity (Wildman–Crippen MR) is 46.0 cm³/mol. The van der Waals surface area contributed by atoms with E-state index in [1.807, 2.05) is 0 Å². The summed E-state index contributed by atoms with van der Waals surface area (Å²) >= 11 is 0. The van der Waals surface area contributed by atoms with Gasteiger partial charge in [0.1, 0.15) is 0 Å². The molecule has 1 aromatic carbocycles. The van der Waals surface area contributed by atoms with Gasteiger partial charge < -0.3 is 5.73 Å². The molecule has 1 rings (SSSR count). The Hall–Kier alpha value is -1.52. The van der Waals surface area contributed by atoms with Crippen molar-refractivity contribution in [2.75, 3.05) is 5.73 Å². The molecule has 2 nitrogen and oxygen atoms in total. The molecule has 1 aromatic rings. The third-order valence-corrected chi connectivity index (χ3v) is 1.80. The van der Waals surface area contributed by atoms with Gasteiger partial charge in [-0.2, -0.15) is 13.2 Å². The molecule has 2 N–H and O–H groups in total. The van der Waals surface area contributed by atoms with Gasteiger partial charge in [0.2, 0.25) is 0 Å². The number of hydrogen-bond acceptors (Lipinski definition) is 2. The summed E-state index contributed by atoms with van der Waals surface area (Å²) in [5.74, 6) is -1.87. The molecule has 76 valence electrons. The van der Waals surface area contributed by atoms with Crippen LogP contribution in [0.3, 0.4) is 0 Å². The topological polar surface area (TPSA) is 43.1 Å². The van der Waals surface area contributed by atoms with Crippen LogP contribution < -0.4 is 5.73 Å². The van der Waals surface area contributed by atoms with Gasteiger partial charge in [0.15, 0.2) is 0 Å². The van der Waals surface area contributed by atoms with E-state index in [0.717, 1.165) is 12.1 Å². The molecule has 0 radical (unpaired) electrons. The summed E-state index contributed by atoms with van der Waals surface area (Å²) in [7, 11) is 0. The van der Waals surface area contributed by atoms with Gasteiger partial charge in [0.25, 0.3) is 5.78 Å². The normalized spacial score (nSPS) is 11.4. The second-order valence-electron chi connectivity index (χ2n) is 2.90. The Morgan fingerprint density at radius 3 is 2.36 bits per heavy atom. The van der Waals surface area contributed by atoms with Crippen molar-refractivity contribution in [3.63, 3.8) is 0 Å². The Morgan fingerprint density at radius 1 is 1.36 bits per heavy atom. The molecular weight excluding hydrogens is 195 g/mol. The molecule has 0 aromatic heterocycles. The average molecular weight is 203 g/mol. The van der Waals surface area contributed by atoms with Crippen LogP contribution in [0.25, 0.3) is 0 Å². The SMILES string of the molecule is Cc1ccc(C(=O)C(F)(F)F)cc1N. The molecule has 0 saturated heterocycles. The standard InChI is InChI=1S/C9H8F3NO/c1-5-2-3-6(4-7(5)13)8(14)9(10,11)12/h2-4H,13H2,1H3. The van der Waals surface area contributed by atoms with Crippen molar-refractivity contribution >= 4 is 11.5 Å². The fourth-order valence-corrected chi connectivity index (χ4v) is 0.945. The maximum Gasteiger partial charge on any atom is 0.454 e. The van der Waals surface area contributed by atoms with Crippen LogP contribution >= 0.6 is 0 Å². The number of alkyl halides is 3. The van der Waals surface area contributed by atoms with E-state index in [1.54, 1.807) is 6.92 Å². The largest absolute Gasteiger partial charge is 0.454 e. The van der Waals surface area contributed by atoms with Crippen molar-refractivity contribution in [2.45, 2.75) is 13.1 Å². The number of nitrogens with two attached hydrogens (primary N) is 1.